The Labute approximate surface area is 120 Å². The number of hydrogen-bond acceptors (Lipinski definition) is 4. The number of alkyl halides is 3. The minimum Gasteiger partial charge on any atom is -0.462 e. The molecule has 21 heavy (non-hydrogen) atoms. The molecule has 8 heteroatoms. The highest BCUT2D eigenvalue weighted by atomic mass is 19.4. The van der Waals surface area contributed by atoms with Crippen molar-refractivity contribution < 1.29 is 22.7 Å². The van der Waals surface area contributed by atoms with Gasteiger partial charge in [0.2, 0.25) is 0 Å². The molecule has 1 aromatic heterocycles. The number of carbonyl (C=O) groups is 1. The van der Waals surface area contributed by atoms with Crippen LogP contribution in [0.15, 0.2) is 12.4 Å². The van der Waals surface area contributed by atoms with E-state index < -0.39 is 18.7 Å². The lowest BCUT2D eigenvalue weighted by molar-refractivity contribution is -0.149. The van der Waals surface area contributed by atoms with Gasteiger partial charge in [0.05, 0.1) is 31.0 Å². The zero-order chi connectivity index (χ0) is 15.5. The van der Waals surface area contributed by atoms with Crippen LogP contribution in [0.3, 0.4) is 0 Å². The predicted octanol–water partition coefficient (Wildman–Crippen LogP) is 2.26. The van der Waals surface area contributed by atoms with Crippen molar-refractivity contribution in [3.8, 4) is 0 Å². The SMILES string of the molecule is CCOC(=O)c1cnn([C@H]2CCCN(CC(F)(F)F)C2)c1. The molecule has 0 N–H and O–H groups in total. The molecule has 0 saturated carbocycles. The van der Waals surface area contributed by atoms with Crippen LogP contribution in [-0.2, 0) is 4.74 Å². The normalized spacial score (nSPS) is 20.5. The maximum absolute atomic E-state index is 12.4. The number of halogens is 3. The molecule has 1 aliphatic heterocycles. The van der Waals surface area contributed by atoms with E-state index in [2.05, 4.69) is 5.10 Å². The summed E-state index contributed by atoms with van der Waals surface area (Å²) in [5.74, 6) is -0.466. The zero-order valence-corrected chi connectivity index (χ0v) is 11.8. The summed E-state index contributed by atoms with van der Waals surface area (Å²) in [4.78, 5) is 12.9. The van der Waals surface area contributed by atoms with Crippen molar-refractivity contribution >= 4 is 5.97 Å². The minimum atomic E-state index is -4.19. The van der Waals surface area contributed by atoms with Crippen molar-refractivity contribution in [2.24, 2.45) is 0 Å². The van der Waals surface area contributed by atoms with Gasteiger partial charge in [0, 0.05) is 12.7 Å². The predicted molar refractivity (Wildman–Crippen MR) is 68.9 cm³/mol. The van der Waals surface area contributed by atoms with Gasteiger partial charge in [0.1, 0.15) is 0 Å². The van der Waals surface area contributed by atoms with Crippen molar-refractivity contribution in [1.82, 2.24) is 14.7 Å². The summed E-state index contributed by atoms with van der Waals surface area (Å²) in [7, 11) is 0. The fourth-order valence-corrected chi connectivity index (χ4v) is 2.50. The molecule has 0 amide bonds. The molecule has 118 valence electrons. The van der Waals surface area contributed by atoms with Gasteiger partial charge in [-0.05, 0) is 26.3 Å². The van der Waals surface area contributed by atoms with Crippen LogP contribution in [0.5, 0.6) is 0 Å². The second-order valence-corrected chi connectivity index (χ2v) is 5.08. The Morgan fingerprint density at radius 3 is 2.95 bits per heavy atom. The lowest BCUT2D eigenvalue weighted by Gasteiger charge is -2.33. The topological polar surface area (TPSA) is 47.4 Å². The molecular weight excluding hydrogens is 287 g/mol. The maximum atomic E-state index is 12.4. The van der Waals surface area contributed by atoms with Gasteiger partial charge in [-0.3, -0.25) is 9.58 Å². The Kier molecular flexibility index (Phi) is 4.87. The molecule has 0 radical (unpaired) electrons. The van der Waals surface area contributed by atoms with Crippen molar-refractivity contribution in [2.75, 3.05) is 26.2 Å². The van der Waals surface area contributed by atoms with E-state index in [0.29, 0.717) is 18.5 Å². The number of nitrogens with zero attached hydrogens (tertiary/aromatic N) is 3. The molecule has 0 aliphatic carbocycles. The summed E-state index contributed by atoms with van der Waals surface area (Å²) in [6.07, 6.45) is 0.163. The van der Waals surface area contributed by atoms with Crippen LogP contribution in [0.2, 0.25) is 0 Å². The number of ether oxygens (including phenoxy) is 1. The van der Waals surface area contributed by atoms with E-state index in [1.165, 1.54) is 11.1 Å². The van der Waals surface area contributed by atoms with Crippen LogP contribution in [0.4, 0.5) is 13.2 Å². The second-order valence-electron chi connectivity index (χ2n) is 5.08. The van der Waals surface area contributed by atoms with Gasteiger partial charge < -0.3 is 4.74 Å². The van der Waals surface area contributed by atoms with E-state index in [9.17, 15) is 18.0 Å². The van der Waals surface area contributed by atoms with Crippen LogP contribution >= 0.6 is 0 Å². The first-order valence-corrected chi connectivity index (χ1v) is 6.89. The molecule has 0 unspecified atom stereocenters. The third-order valence-corrected chi connectivity index (χ3v) is 3.37. The number of hydrogen-bond donors (Lipinski definition) is 0. The number of esters is 1. The highest BCUT2D eigenvalue weighted by Crippen LogP contribution is 2.25. The highest BCUT2D eigenvalue weighted by molar-refractivity contribution is 5.88. The monoisotopic (exact) mass is 305 g/mol. The van der Waals surface area contributed by atoms with E-state index in [0.717, 1.165) is 6.42 Å². The Morgan fingerprint density at radius 1 is 1.52 bits per heavy atom. The molecule has 1 fully saturated rings. The molecule has 1 aromatic rings. The van der Waals surface area contributed by atoms with Crippen LogP contribution < -0.4 is 0 Å². The average molecular weight is 305 g/mol. The number of likely N-dealkylation sites (tertiary alicyclic amines) is 1. The van der Waals surface area contributed by atoms with Gasteiger partial charge >= 0.3 is 12.1 Å². The quantitative estimate of drug-likeness (QED) is 0.801. The van der Waals surface area contributed by atoms with Crippen molar-refractivity contribution in [3.63, 3.8) is 0 Å². The fraction of sp³-hybridized carbons (Fsp3) is 0.692. The van der Waals surface area contributed by atoms with Gasteiger partial charge in [-0.25, -0.2) is 4.79 Å². The van der Waals surface area contributed by atoms with Gasteiger partial charge in [0.15, 0.2) is 0 Å². The Hall–Kier alpha value is -1.57. The van der Waals surface area contributed by atoms with E-state index in [4.69, 9.17) is 4.74 Å². The maximum Gasteiger partial charge on any atom is 0.401 e. The lowest BCUT2D eigenvalue weighted by Crippen LogP contribution is -2.42. The Morgan fingerprint density at radius 2 is 2.29 bits per heavy atom. The number of piperidine rings is 1. The molecule has 1 aliphatic rings. The van der Waals surface area contributed by atoms with E-state index in [-0.39, 0.29) is 19.2 Å². The molecule has 0 spiro atoms. The lowest BCUT2D eigenvalue weighted by atomic mass is 10.1. The fourth-order valence-electron chi connectivity index (χ4n) is 2.50. The van der Waals surface area contributed by atoms with Gasteiger partial charge in [0.25, 0.3) is 0 Å². The van der Waals surface area contributed by atoms with Crippen LogP contribution in [0, 0.1) is 0 Å². The third kappa shape index (κ3) is 4.45. The van der Waals surface area contributed by atoms with Crippen molar-refractivity contribution in [2.45, 2.75) is 32.0 Å². The summed E-state index contributed by atoms with van der Waals surface area (Å²) in [6.45, 7) is 1.78. The average Bonchev–Trinajstić information content (AvgIpc) is 2.87. The van der Waals surface area contributed by atoms with Gasteiger partial charge in [-0.2, -0.15) is 18.3 Å². The molecular formula is C13H18F3N3O2. The van der Waals surface area contributed by atoms with Gasteiger partial charge in [-0.15, -0.1) is 0 Å². The summed E-state index contributed by atoms with van der Waals surface area (Å²) < 4.78 is 43.7. The van der Waals surface area contributed by atoms with Crippen LogP contribution in [-0.4, -0.2) is 53.1 Å². The molecule has 0 aromatic carbocycles. The van der Waals surface area contributed by atoms with E-state index in [1.807, 2.05) is 0 Å². The standard InChI is InChI=1S/C13H18F3N3O2/c1-2-21-12(20)10-6-17-19(7-10)11-4-3-5-18(8-11)9-13(14,15)16/h6-7,11H,2-5,8-9H2,1H3/t11-/m0/s1. The molecule has 5 nitrogen and oxygen atoms in total. The summed E-state index contributed by atoms with van der Waals surface area (Å²) in [5.41, 5.74) is 0.324. The van der Waals surface area contributed by atoms with E-state index in [1.54, 1.807) is 17.8 Å². The highest BCUT2D eigenvalue weighted by Gasteiger charge is 2.33. The van der Waals surface area contributed by atoms with Gasteiger partial charge in [-0.1, -0.05) is 0 Å². The van der Waals surface area contributed by atoms with Crippen molar-refractivity contribution in [1.29, 1.82) is 0 Å². The molecule has 2 heterocycles. The first-order chi connectivity index (χ1) is 9.89. The van der Waals surface area contributed by atoms with Crippen molar-refractivity contribution in [3.05, 3.63) is 18.0 Å². The Bertz CT molecular complexity index is 487. The second kappa shape index (κ2) is 6.46. The largest absolute Gasteiger partial charge is 0.462 e. The third-order valence-electron chi connectivity index (χ3n) is 3.37. The molecule has 1 saturated heterocycles. The zero-order valence-electron chi connectivity index (χ0n) is 11.8. The number of rotatable bonds is 4. The first-order valence-electron chi connectivity index (χ1n) is 6.89. The van der Waals surface area contributed by atoms with E-state index >= 15 is 0 Å². The molecule has 2 rings (SSSR count). The summed E-state index contributed by atoms with van der Waals surface area (Å²) >= 11 is 0. The first kappa shape index (κ1) is 15.8. The minimum absolute atomic E-state index is 0.149. The molecule has 0 bridgehead atoms. The van der Waals surface area contributed by atoms with Crippen LogP contribution in [0.25, 0.3) is 0 Å². The smallest absolute Gasteiger partial charge is 0.401 e. The van der Waals surface area contributed by atoms with Crippen LogP contribution in [0.1, 0.15) is 36.2 Å². The summed E-state index contributed by atoms with van der Waals surface area (Å²) in [5, 5.41) is 4.08. The molecule has 1 atom stereocenters. The number of aromatic nitrogens is 2. The number of carbonyl (C=O) groups excluding carboxylic acids is 1. The summed E-state index contributed by atoms with van der Waals surface area (Å²) in [6, 6.07) is -0.149. The Balaban J connectivity index is 1.99.